The molecule has 0 N–H and O–H groups in total. The molecule has 106 valence electrons. The Morgan fingerprint density at radius 3 is 2.33 bits per heavy atom. The fourth-order valence-corrected chi connectivity index (χ4v) is 2.84. The zero-order valence-corrected chi connectivity index (χ0v) is 12.4. The van der Waals surface area contributed by atoms with Crippen LogP contribution in [0.3, 0.4) is 0 Å². The van der Waals surface area contributed by atoms with Crippen molar-refractivity contribution in [2.24, 2.45) is 7.05 Å². The third-order valence-corrected chi connectivity index (χ3v) is 3.82. The predicted molar refractivity (Wildman–Crippen MR) is 84.9 cm³/mol. The molecular weight excluding hydrogens is 262 g/mol. The van der Waals surface area contributed by atoms with Crippen LogP contribution in [0.25, 0.3) is 22.2 Å². The topological polar surface area (TPSA) is 31.2 Å². The van der Waals surface area contributed by atoms with Gasteiger partial charge in [-0.1, -0.05) is 18.2 Å². The number of para-hydroxylation sites is 1. The van der Waals surface area contributed by atoms with Crippen molar-refractivity contribution in [1.82, 2.24) is 4.57 Å². The summed E-state index contributed by atoms with van der Waals surface area (Å²) in [7, 11) is 3.64. The number of ketones is 1. The third-order valence-electron chi connectivity index (χ3n) is 3.82. The molecule has 3 aromatic rings. The van der Waals surface area contributed by atoms with E-state index in [0.717, 1.165) is 33.5 Å². The monoisotopic (exact) mass is 279 g/mol. The molecule has 0 radical (unpaired) electrons. The highest BCUT2D eigenvalue weighted by molar-refractivity contribution is 6.12. The zero-order valence-electron chi connectivity index (χ0n) is 12.4. The number of aryl methyl sites for hydroxylation is 1. The van der Waals surface area contributed by atoms with Crippen molar-refractivity contribution in [3.8, 4) is 17.0 Å². The maximum Gasteiger partial charge on any atom is 0.162 e. The Morgan fingerprint density at radius 1 is 1.05 bits per heavy atom. The summed E-state index contributed by atoms with van der Waals surface area (Å²) < 4.78 is 7.28. The van der Waals surface area contributed by atoms with Gasteiger partial charge in [0.25, 0.3) is 0 Å². The first kappa shape index (κ1) is 13.4. The minimum absolute atomic E-state index is 0.0811. The molecule has 0 saturated carbocycles. The Hall–Kier alpha value is -2.55. The highest BCUT2D eigenvalue weighted by Crippen LogP contribution is 2.33. The van der Waals surface area contributed by atoms with Crippen LogP contribution in [0, 0.1) is 0 Å². The van der Waals surface area contributed by atoms with Crippen molar-refractivity contribution in [3.63, 3.8) is 0 Å². The summed E-state index contributed by atoms with van der Waals surface area (Å²) in [6.45, 7) is 1.62. The second-order valence-corrected chi connectivity index (χ2v) is 5.08. The van der Waals surface area contributed by atoms with Crippen molar-refractivity contribution in [2.45, 2.75) is 6.92 Å². The Bertz CT molecular complexity index is 813. The van der Waals surface area contributed by atoms with Crippen molar-refractivity contribution in [2.75, 3.05) is 7.11 Å². The molecule has 0 amide bonds. The van der Waals surface area contributed by atoms with Gasteiger partial charge in [0.2, 0.25) is 0 Å². The van der Waals surface area contributed by atoms with Crippen LogP contribution in [0.15, 0.2) is 48.5 Å². The summed E-state index contributed by atoms with van der Waals surface area (Å²) in [6.07, 6.45) is 0. The van der Waals surface area contributed by atoms with Crippen LogP contribution in [0.2, 0.25) is 0 Å². The zero-order chi connectivity index (χ0) is 15.0. The molecule has 3 heteroatoms. The minimum atomic E-state index is 0.0811. The van der Waals surface area contributed by atoms with Crippen LogP contribution in [-0.4, -0.2) is 17.5 Å². The average molecular weight is 279 g/mol. The molecule has 1 heterocycles. The summed E-state index contributed by atoms with van der Waals surface area (Å²) in [6, 6.07) is 15.8. The van der Waals surface area contributed by atoms with Gasteiger partial charge in [0.15, 0.2) is 5.78 Å². The van der Waals surface area contributed by atoms with Gasteiger partial charge in [0.1, 0.15) is 5.75 Å². The molecule has 0 saturated heterocycles. The molecule has 0 unspecified atom stereocenters. The van der Waals surface area contributed by atoms with E-state index in [4.69, 9.17) is 4.74 Å². The standard InChI is InChI=1S/C18H17NO2/c1-12(20)17-15-6-4-5-7-16(15)19(2)18(17)13-8-10-14(21-3)11-9-13/h4-11H,1-3H3. The number of fused-ring (bicyclic) bond motifs is 1. The molecule has 0 spiro atoms. The number of aromatic nitrogens is 1. The third kappa shape index (κ3) is 2.11. The van der Waals surface area contributed by atoms with E-state index in [9.17, 15) is 4.79 Å². The van der Waals surface area contributed by atoms with E-state index in [1.54, 1.807) is 14.0 Å². The summed E-state index contributed by atoms with van der Waals surface area (Å²) in [5.41, 5.74) is 3.80. The molecule has 0 aliphatic heterocycles. The van der Waals surface area contributed by atoms with Gasteiger partial charge in [-0.3, -0.25) is 4.79 Å². The lowest BCUT2D eigenvalue weighted by Gasteiger charge is -2.08. The van der Waals surface area contributed by atoms with Crippen LogP contribution in [0.4, 0.5) is 0 Å². The second kappa shape index (κ2) is 5.09. The molecule has 0 aliphatic rings. The maximum absolute atomic E-state index is 12.2. The molecule has 0 bridgehead atoms. The Labute approximate surface area is 123 Å². The Kier molecular flexibility index (Phi) is 3.26. The molecule has 0 atom stereocenters. The van der Waals surface area contributed by atoms with Gasteiger partial charge in [0, 0.05) is 18.0 Å². The van der Waals surface area contributed by atoms with E-state index >= 15 is 0 Å². The van der Waals surface area contributed by atoms with Crippen LogP contribution >= 0.6 is 0 Å². The van der Waals surface area contributed by atoms with Crippen LogP contribution in [0.1, 0.15) is 17.3 Å². The highest BCUT2D eigenvalue weighted by Gasteiger charge is 2.19. The molecule has 3 nitrogen and oxygen atoms in total. The minimum Gasteiger partial charge on any atom is -0.497 e. The van der Waals surface area contributed by atoms with E-state index in [0.29, 0.717) is 0 Å². The van der Waals surface area contributed by atoms with Gasteiger partial charge >= 0.3 is 0 Å². The normalized spacial score (nSPS) is 10.8. The number of carbonyl (C=O) groups is 1. The smallest absolute Gasteiger partial charge is 0.162 e. The van der Waals surface area contributed by atoms with Gasteiger partial charge in [-0.25, -0.2) is 0 Å². The lowest BCUT2D eigenvalue weighted by molar-refractivity contribution is 0.101. The second-order valence-electron chi connectivity index (χ2n) is 5.08. The number of hydrogen-bond donors (Lipinski definition) is 0. The summed E-state index contributed by atoms with van der Waals surface area (Å²) >= 11 is 0. The number of carbonyl (C=O) groups excluding carboxylic acids is 1. The van der Waals surface area contributed by atoms with Crippen molar-refractivity contribution >= 4 is 16.7 Å². The molecule has 1 aromatic heterocycles. The molecule has 2 aromatic carbocycles. The lowest BCUT2D eigenvalue weighted by Crippen LogP contribution is -1.98. The first-order valence-electron chi connectivity index (χ1n) is 6.86. The first-order chi connectivity index (χ1) is 10.1. The molecular formula is C18H17NO2. The number of benzene rings is 2. The number of ether oxygens (including phenoxy) is 1. The molecule has 3 rings (SSSR count). The van der Waals surface area contributed by atoms with Gasteiger partial charge in [-0.15, -0.1) is 0 Å². The quantitative estimate of drug-likeness (QED) is 0.677. The summed E-state index contributed by atoms with van der Waals surface area (Å²) in [5.74, 6) is 0.888. The number of nitrogens with zero attached hydrogens (tertiary/aromatic N) is 1. The number of rotatable bonds is 3. The van der Waals surface area contributed by atoms with Crippen molar-refractivity contribution in [1.29, 1.82) is 0 Å². The van der Waals surface area contributed by atoms with Crippen molar-refractivity contribution in [3.05, 3.63) is 54.1 Å². The Balaban J connectivity index is 2.32. The van der Waals surface area contributed by atoms with Crippen molar-refractivity contribution < 1.29 is 9.53 Å². The van der Waals surface area contributed by atoms with Crippen LogP contribution in [-0.2, 0) is 7.05 Å². The first-order valence-corrected chi connectivity index (χ1v) is 6.86. The summed E-state index contributed by atoms with van der Waals surface area (Å²) in [4.78, 5) is 12.2. The van der Waals surface area contributed by atoms with Gasteiger partial charge in [0.05, 0.1) is 18.4 Å². The fraction of sp³-hybridized carbons (Fsp3) is 0.167. The largest absolute Gasteiger partial charge is 0.497 e. The SMILES string of the molecule is COc1ccc(-c2c(C(C)=O)c3ccccc3n2C)cc1. The molecule has 21 heavy (non-hydrogen) atoms. The van der Waals surface area contributed by atoms with Gasteiger partial charge in [-0.05, 0) is 42.8 Å². The molecule has 0 fully saturated rings. The van der Waals surface area contributed by atoms with Crippen LogP contribution < -0.4 is 4.74 Å². The van der Waals surface area contributed by atoms with E-state index in [2.05, 4.69) is 4.57 Å². The predicted octanol–water partition coefficient (Wildman–Crippen LogP) is 4.06. The lowest BCUT2D eigenvalue weighted by atomic mass is 10.0. The number of Topliss-reactive ketones (excluding diaryl/α,β-unsaturated/α-hetero) is 1. The number of methoxy groups -OCH3 is 1. The highest BCUT2D eigenvalue weighted by atomic mass is 16.5. The van der Waals surface area contributed by atoms with E-state index in [1.165, 1.54) is 0 Å². The van der Waals surface area contributed by atoms with Gasteiger partial charge in [-0.2, -0.15) is 0 Å². The van der Waals surface area contributed by atoms with E-state index in [1.807, 2.05) is 55.6 Å². The molecule has 0 aliphatic carbocycles. The maximum atomic E-state index is 12.2. The number of hydrogen-bond acceptors (Lipinski definition) is 2. The van der Waals surface area contributed by atoms with Crippen LogP contribution in [0.5, 0.6) is 5.75 Å². The average Bonchev–Trinajstić information content (AvgIpc) is 2.81. The van der Waals surface area contributed by atoms with E-state index < -0.39 is 0 Å². The van der Waals surface area contributed by atoms with Gasteiger partial charge < -0.3 is 9.30 Å². The van der Waals surface area contributed by atoms with E-state index in [-0.39, 0.29) is 5.78 Å². The summed E-state index contributed by atoms with van der Waals surface area (Å²) in [5, 5.41) is 0.998. The fourth-order valence-electron chi connectivity index (χ4n) is 2.84. The Morgan fingerprint density at radius 2 is 1.71 bits per heavy atom.